The van der Waals surface area contributed by atoms with Gasteiger partial charge in [-0.2, -0.15) is 5.10 Å². The predicted octanol–water partition coefficient (Wildman–Crippen LogP) is 3.28. The van der Waals surface area contributed by atoms with Gasteiger partial charge >= 0.3 is 0 Å². The molecule has 1 fully saturated rings. The van der Waals surface area contributed by atoms with Crippen LogP contribution in [-0.4, -0.2) is 80.8 Å². The number of carbonyl (C=O) groups excluding carboxylic acids is 1. The topological polar surface area (TPSA) is 89.3 Å². The van der Waals surface area contributed by atoms with Crippen molar-refractivity contribution in [3.05, 3.63) is 65.9 Å². The van der Waals surface area contributed by atoms with Crippen LogP contribution in [0, 0.1) is 12.8 Å². The number of carbonyl (C=O) groups is 1. The molecule has 3 aromatic heterocycles. The summed E-state index contributed by atoms with van der Waals surface area (Å²) in [5, 5.41) is 5.66. The highest BCUT2D eigenvalue weighted by Crippen LogP contribution is 2.24. The van der Waals surface area contributed by atoms with Crippen LogP contribution in [0.3, 0.4) is 0 Å². The molecule has 1 aliphatic rings. The van der Waals surface area contributed by atoms with Gasteiger partial charge in [0.15, 0.2) is 5.65 Å². The van der Waals surface area contributed by atoms with Crippen LogP contribution in [-0.2, 0) is 6.54 Å². The maximum atomic E-state index is 13.2. The Morgan fingerprint density at radius 2 is 1.92 bits per heavy atom. The molecule has 4 aromatic rings. The molecule has 1 aromatic carbocycles. The average Bonchev–Trinajstić information content (AvgIpc) is 3.09. The quantitative estimate of drug-likeness (QED) is 0.429. The monoisotopic (exact) mass is 485 g/mol. The number of aryl methyl sites for hydroxylation is 1. The number of ether oxygens (including phenoxy) is 1. The number of likely N-dealkylation sites (N-methyl/N-ethyl adjacent to an activating group) is 1. The number of hydrogen-bond donors (Lipinski definition) is 0. The lowest BCUT2D eigenvalue weighted by atomic mass is 10.1. The van der Waals surface area contributed by atoms with Crippen LogP contribution in [0.2, 0.25) is 0 Å². The molecule has 0 spiro atoms. The van der Waals surface area contributed by atoms with Crippen molar-refractivity contribution in [2.45, 2.75) is 20.4 Å². The average molecular weight is 486 g/mol. The highest BCUT2D eigenvalue weighted by Gasteiger charge is 2.24. The van der Waals surface area contributed by atoms with Gasteiger partial charge in [0, 0.05) is 43.3 Å². The standard InChI is InChI=1S/C27H31N7O2/c1-18-15-32(3)9-10-33(16-18)27(35)25-14-28-13-24(30-25)21-11-23-19(2)31-34(26(23)29-12-21)17-20-5-7-22(36-4)8-6-20/h5-8,11-14,18H,9-10,15-17H2,1-4H3. The van der Waals surface area contributed by atoms with Crippen LogP contribution in [0.4, 0.5) is 0 Å². The van der Waals surface area contributed by atoms with Gasteiger partial charge in [-0.15, -0.1) is 0 Å². The maximum Gasteiger partial charge on any atom is 0.274 e. The zero-order chi connectivity index (χ0) is 25.2. The Labute approximate surface area is 210 Å². The van der Waals surface area contributed by atoms with Crippen LogP contribution < -0.4 is 4.74 Å². The van der Waals surface area contributed by atoms with Gasteiger partial charge in [0.25, 0.3) is 5.91 Å². The van der Waals surface area contributed by atoms with E-state index in [1.165, 1.54) is 0 Å². The summed E-state index contributed by atoms with van der Waals surface area (Å²) in [5.41, 5.74) is 4.58. The minimum absolute atomic E-state index is 0.0796. The zero-order valence-electron chi connectivity index (χ0n) is 21.2. The smallest absolute Gasteiger partial charge is 0.274 e. The van der Waals surface area contributed by atoms with Gasteiger partial charge in [0.05, 0.1) is 37.4 Å². The summed E-state index contributed by atoms with van der Waals surface area (Å²) in [6.45, 7) is 7.98. The molecule has 1 aliphatic heterocycles. The molecule has 0 aliphatic carbocycles. The molecule has 9 heteroatoms. The normalized spacial score (nSPS) is 16.8. The third kappa shape index (κ3) is 4.92. The number of benzene rings is 1. The highest BCUT2D eigenvalue weighted by molar-refractivity contribution is 5.92. The first-order valence-corrected chi connectivity index (χ1v) is 12.2. The molecule has 1 amide bonds. The fourth-order valence-electron chi connectivity index (χ4n) is 4.76. The van der Waals surface area contributed by atoms with Crippen LogP contribution in [0.15, 0.2) is 48.9 Å². The molecule has 5 rings (SSSR count). The first-order valence-electron chi connectivity index (χ1n) is 12.2. The summed E-state index contributed by atoms with van der Waals surface area (Å²) in [7, 11) is 3.75. The van der Waals surface area contributed by atoms with Crippen LogP contribution >= 0.6 is 0 Å². The summed E-state index contributed by atoms with van der Waals surface area (Å²) < 4.78 is 7.15. The highest BCUT2D eigenvalue weighted by atomic mass is 16.5. The van der Waals surface area contributed by atoms with E-state index in [1.54, 1.807) is 25.7 Å². The lowest BCUT2D eigenvalue weighted by Crippen LogP contribution is -2.36. The summed E-state index contributed by atoms with van der Waals surface area (Å²) in [6, 6.07) is 9.96. The van der Waals surface area contributed by atoms with Gasteiger partial charge in [0.2, 0.25) is 0 Å². The second-order valence-corrected chi connectivity index (χ2v) is 9.59. The molecule has 1 unspecified atom stereocenters. The van der Waals surface area contributed by atoms with E-state index < -0.39 is 0 Å². The van der Waals surface area contributed by atoms with E-state index >= 15 is 0 Å². The summed E-state index contributed by atoms with van der Waals surface area (Å²) in [6.07, 6.45) is 5.00. The van der Waals surface area contributed by atoms with Gasteiger partial charge in [-0.25, -0.2) is 14.6 Å². The summed E-state index contributed by atoms with van der Waals surface area (Å²) >= 11 is 0. The molecule has 9 nitrogen and oxygen atoms in total. The Morgan fingerprint density at radius 1 is 1.11 bits per heavy atom. The molecule has 186 valence electrons. The fraction of sp³-hybridized carbons (Fsp3) is 0.370. The number of methoxy groups -OCH3 is 1. The maximum absolute atomic E-state index is 13.2. The molecule has 4 heterocycles. The number of rotatable bonds is 5. The number of nitrogens with zero attached hydrogens (tertiary/aromatic N) is 7. The van der Waals surface area contributed by atoms with Gasteiger partial charge in [-0.1, -0.05) is 19.1 Å². The third-order valence-corrected chi connectivity index (χ3v) is 6.61. The number of aromatic nitrogens is 5. The molecule has 36 heavy (non-hydrogen) atoms. The fourth-order valence-corrected chi connectivity index (χ4v) is 4.76. The molecular weight excluding hydrogens is 454 g/mol. The van der Waals surface area contributed by atoms with Crippen molar-refractivity contribution in [1.29, 1.82) is 0 Å². The van der Waals surface area contributed by atoms with E-state index in [1.807, 2.05) is 46.8 Å². The minimum Gasteiger partial charge on any atom is -0.497 e. The van der Waals surface area contributed by atoms with Crippen LogP contribution in [0.5, 0.6) is 5.75 Å². The zero-order valence-corrected chi connectivity index (χ0v) is 21.2. The first kappa shape index (κ1) is 23.9. The number of hydrogen-bond acceptors (Lipinski definition) is 7. The van der Waals surface area contributed by atoms with Crippen molar-refractivity contribution in [3.8, 4) is 17.0 Å². The van der Waals surface area contributed by atoms with Gasteiger partial charge < -0.3 is 14.5 Å². The van der Waals surface area contributed by atoms with Crippen LogP contribution in [0.25, 0.3) is 22.3 Å². The lowest BCUT2D eigenvalue weighted by Gasteiger charge is -2.21. The van der Waals surface area contributed by atoms with E-state index in [0.717, 1.165) is 53.2 Å². The Kier molecular flexibility index (Phi) is 6.65. The van der Waals surface area contributed by atoms with E-state index in [2.05, 4.69) is 28.8 Å². The Balaban J connectivity index is 1.40. The van der Waals surface area contributed by atoms with E-state index in [4.69, 9.17) is 14.8 Å². The SMILES string of the molecule is COc1ccc(Cn2nc(C)c3cc(-c4cncc(C(=O)N5CCN(C)CC(C)C5)n4)cnc32)cc1. The predicted molar refractivity (Wildman–Crippen MR) is 138 cm³/mol. The minimum atomic E-state index is -0.0796. The van der Waals surface area contributed by atoms with Gasteiger partial charge in [0.1, 0.15) is 11.4 Å². The number of pyridine rings is 1. The molecule has 0 bridgehead atoms. The van der Waals surface area contributed by atoms with E-state index in [-0.39, 0.29) is 5.91 Å². The second-order valence-electron chi connectivity index (χ2n) is 9.59. The van der Waals surface area contributed by atoms with Crippen molar-refractivity contribution in [2.24, 2.45) is 5.92 Å². The molecule has 1 saturated heterocycles. The molecule has 0 N–H and O–H groups in total. The van der Waals surface area contributed by atoms with Gasteiger partial charge in [-0.05, 0) is 43.7 Å². The van der Waals surface area contributed by atoms with Gasteiger partial charge in [-0.3, -0.25) is 9.78 Å². The lowest BCUT2D eigenvalue weighted by molar-refractivity contribution is 0.0743. The van der Waals surface area contributed by atoms with Crippen molar-refractivity contribution >= 4 is 16.9 Å². The van der Waals surface area contributed by atoms with Crippen LogP contribution in [0.1, 0.15) is 28.7 Å². The Hall–Kier alpha value is -3.85. The largest absolute Gasteiger partial charge is 0.497 e. The second kappa shape index (κ2) is 10.0. The van der Waals surface area contributed by atoms with Crippen molar-refractivity contribution in [1.82, 2.24) is 34.5 Å². The molecule has 1 atom stereocenters. The Morgan fingerprint density at radius 3 is 2.69 bits per heavy atom. The number of fused-ring (bicyclic) bond motifs is 1. The van der Waals surface area contributed by atoms with E-state index in [9.17, 15) is 4.79 Å². The summed E-state index contributed by atoms with van der Waals surface area (Å²) in [5.74, 6) is 1.15. The Bertz CT molecular complexity index is 1380. The van der Waals surface area contributed by atoms with Crippen molar-refractivity contribution < 1.29 is 9.53 Å². The first-order chi connectivity index (χ1) is 17.4. The third-order valence-electron chi connectivity index (χ3n) is 6.61. The number of amides is 1. The molecule has 0 radical (unpaired) electrons. The van der Waals surface area contributed by atoms with Crippen molar-refractivity contribution in [2.75, 3.05) is 40.3 Å². The summed E-state index contributed by atoms with van der Waals surface area (Å²) in [4.78, 5) is 31.1. The van der Waals surface area contributed by atoms with E-state index in [0.29, 0.717) is 30.4 Å². The molecule has 0 saturated carbocycles. The van der Waals surface area contributed by atoms with Crippen molar-refractivity contribution in [3.63, 3.8) is 0 Å². The molecular formula is C27H31N7O2.